The van der Waals surface area contributed by atoms with Crippen molar-refractivity contribution in [1.82, 2.24) is 0 Å². The van der Waals surface area contributed by atoms with Crippen molar-refractivity contribution in [3.63, 3.8) is 0 Å². The van der Waals surface area contributed by atoms with E-state index in [1.165, 1.54) is 5.56 Å². The summed E-state index contributed by atoms with van der Waals surface area (Å²) in [7, 11) is 0. The lowest BCUT2D eigenvalue weighted by Crippen LogP contribution is -2.20. The lowest BCUT2D eigenvalue weighted by atomic mass is 10.2. The van der Waals surface area contributed by atoms with Gasteiger partial charge in [-0.05, 0) is 48.9 Å². The average molecular weight is 346 g/mol. The number of carbonyl (C=O) groups excluding carboxylic acids is 1. The molecule has 0 fully saturated rings. The Balaban J connectivity index is 1.45. The molecular formula is C22H22N2O2. The fourth-order valence-electron chi connectivity index (χ4n) is 2.45. The third-order valence-corrected chi connectivity index (χ3v) is 3.90. The van der Waals surface area contributed by atoms with Gasteiger partial charge in [-0.2, -0.15) is 0 Å². The zero-order valence-corrected chi connectivity index (χ0v) is 14.7. The highest BCUT2D eigenvalue weighted by atomic mass is 16.5. The second-order valence-corrected chi connectivity index (χ2v) is 6.07. The van der Waals surface area contributed by atoms with Crippen LogP contribution in [-0.4, -0.2) is 12.5 Å². The number of nitrogens with one attached hydrogen (secondary N) is 2. The number of carbonyl (C=O) groups is 1. The molecule has 0 atom stereocenters. The van der Waals surface area contributed by atoms with Gasteiger partial charge in [-0.25, -0.2) is 0 Å². The average Bonchev–Trinajstić information content (AvgIpc) is 2.67. The number of benzene rings is 3. The SMILES string of the molecule is Cc1ccc(NCc2ccc(OCC(=O)Nc3ccccc3)cc2)cc1. The predicted octanol–water partition coefficient (Wildman–Crippen LogP) is 4.62. The minimum atomic E-state index is -0.179. The van der Waals surface area contributed by atoms with Gasteiger partial charge < -0.3 is 15.4 Å². The summed E-state index contributed by atoms with van der Waals surface area (Å²) < 4.78 is 5.54. The van der Waals surface area contributed by atoms with Crippen LogP contribution in [0.25, 0.3) is 0 Å². The fourth-order valence-corrected chi connectivity index (χ4v) is 2.45. The van der Waals surface area contributed by atoms with E-state index in [1.807, 2.05) is 54.6 Å². The molecule has 0 heterocycles. The largest absolute Gasteiger partial charge is 0.484 e. The number of ether oxygens (including phenoxy) is 1. The van der Waals surface area contributed by atoms with Crippen LogP contribution in [0, 0.1) is 6.92 Å². The van der Waals surface area contributed by atoms with Crippen molar-refractivity contribution in [2.45, 2.75) is 13.5 Å². The Bertz CT molecular complexity index is 828. The van der Waals surface area contributed by atoms with Crippen LogP contribution in [0.5, 0.6) is 5.75 Å². The van der Waals surface area contributed by atoms with Crippen LogP contribution < -0.4 is 15.4 Å². The quantitative estimate of drug-likeness (QED) is 0.656. The van der Waals surface area contributed by atoms with E-state index in [2.05, 4.69) is 41.8 Å². The summed E-state index contributed by atoms with van der Waals surface area (Å²) in [4.78, 5) is 11.9. The van der Waals surface area contributed by atoms with Gasteiger partial charge in [0.15, 0.2) is 6.61 Å². The first kappa shape index (κ1) is 17.5. The molecule has 3 aromatic carbocycles. The predicted molar refractivity (Wildman–Crippen MR) is 106 cm³/mol. The van der Waals surface area contributed by atoms with Crippen LogP contribution in [0.1, 0.15) is 11.1 Å². The van der Waals surface area contributed by atoms with Crippen LogP contribution in [0.2, 0.25) is 0 Å². The molecule has 0 aliphatic rings. The molecule has 132 valence electrons. The molecule has 2 N–H and O–H groups in total. The third kappa shape index (κ3) is 5.38. The molecular weight excluding hydrogens is 324 g/mol. The molecule has 4 nitrogen and oxygen atoms in total. The van der Waals surface area contributed by atoms with E-state index < -0.39 is 0 Å². The first-order valence-electron chi connectivity index (χ1n) is 8.56. The zero-order valence-electron chi connectivity index (χ0n) is 14.7. The van der Waals surface area contributed by atoms with Gasteiger partial charge in [0, 0.05) is 17.9 Å². The van der Waals surface area contributed by atoms with E-state index in [-0.39, 0.29) is 12.5 Å². The van der Waals surface area contributed by atoms with Gasteiger partial charge in [0.05, 0.1) is 0 Å². The van der Waals surface area contributed by atoms with Crippen LogP contribution in [0.15, 0.2) is 78.9 Å². The molecule has 0 radical (unpaired) electrons. The molecule has 26 heavy (non-hydrogen) atoms. The molecule has 4 heteroatoms. The van der Waals surface area contributed by atoms with Gasteiger partial charge in [0.1, 0.15) is 5.75 Å². The second kappa shape index (κ2) is 8.72. The molecule has 0 saturated heterocycles. The Kier molecular flexibility index (Phi) is 5.88. The molecule has 3 aromatic rings. The minimum absolute atomic E-state index is 0.0180. The van der Waals surface area contributed by atoms with Crippen molar-refractivity contribution in [3.8, 4) is 5.75 Å². The molecule has 0 saturated carbocycles. The van der Waals surface area contributed by atoms with Crippen molar-refractivity contribution in [1.29, 1.82) is 0 Å². The Morgan fingerprint density at radius 2 is 1.54 bits per heavy atom. The molecule has 3 rings (SSSR count). The molecule has 0 aliphatic heterocycles. The fraction of sp³-hybridized carbons (Fsp3) is 0.136. The van der Waals surface area contributed by atoms with E-state index in [4.69, 9.17) is 4.74 Å². The Morgan fingerprint density at radius 3 is 2.23 bits per heavy atom. The molecule has 0 spiro atoms. The van der Waals surface area contributed by atoms with Crippen molar-refractivity contribution >= 4 is 17.3 Å². The number of amides is 1. The van der Waals surface area contributed by atoms with Crippen LogP contribution in [-0.2, 0) is 11.3 Å². The topological polar surface area (TPSA) is 50.4 Å². The highest BCUT2D eigenvalue weighted by Crippen LogP contribution is 2.15. The highest BCUT2D eigenvalue weighted by molar-refractivity contribution is 5.91. The molecule has 0 aromatic heterocycles. The molecule has 0 bridgehead atoms. The van der Waals surface area contributed by atoms with Gasteiger partial charge in [0.25, 0.3) is 5.91 Å². The van der Waals surface area contributed by atoms with Gasteiger partial charge in [0.2, 0.25) is 0 Å². The van der Waals surface area contributed by atoms with E-state index >= 15 is 0 Å². The summed E-state index contributed by atoms with van der Waals surface area (Å²) in [6.07, 6.45) is 0. The Labute approximate surface area is 153 Å². The summed E-state index contributed by atoms with van der Waals surface area (Å²) >= 11 is 0. The molecule has 0 aliphatic carbocycles. The summed E-state index contributed by atoms with van der Waals surface area (Å²) in [6, 6.07) is 25.4. The Hall–Kier alpha value is -3.27. The van der Waals surface area contributed by atoms with Crippen molar-refractivity contribution in [2.24, 2.45) is 0 Å². The van der Waals surface area contributed by atoms with Gasteiger partial charge in [-0.1, -0.05) is 48.0 Å². The summed E-state index contributed by atoms with van der Waals surface area (Å²) in [5.74, 6) is 0.494. The number of hydrogen-bond donors (Lipinski definition) is 2. The van der Waals surface area contributed by atoms with Gasteiger partial charge in [-0.3, -0.25) is 4.79 Å². The number of anilines is 2. The first-order chi connectivity index (χ1) is 12.7. The van der Waals surface area contributed by atoms with Gasteiger partial charge in [-0.15, -0.1) is 0 Å². The maximum absolute atomic E-state index is 11.9. The highest BCUT2D eigenvalue weighted by Gasteiger charge is 2.03. The van der Waals surface area contributed by atoms with E-state index in [0.29, 0.717) is 5.75 Å². The van der Waals surface area contributed by atoms with Crippen LogP contribution in [0.3, 0.4) is 0 Å². The number of aryl methyl sites for hydroxylation is 1. The van der Waals surface area contributed by atoms with Crippen molar-refractivity contribution in [3.05, 3.63) is 90.0 Å². The summed E-state index contributed by atoms with van der Waals surface area (Å²) in [6.45, 7) is 2.79. The maximum Gasteiger partial charge on any atom is 0.262 e. The first-order valence-corrected chi connectivity index (χ1v) is 8.56. The van der Waals surface area contributed by atoms with Crippen molar-refractivity contribution in [2.75, 3.05) is 17.2 Å². The van der Waals surface area contributed by atoms with Gasteiger partial charge >= 0.3 is 0 Å². The van der Waals surface area contributed by atoms with E-state index in [1.54, 1.807) is 0 Å². The normalized spacial score (nSPS) is 10.2. The van der Waals surface area contributed by atoms with Crippen LogP contribution >= 0.6 is 0 Å². The third-order valence-electron chi connectivity index (χ3n) is 3.90. The zero-order chi connectivity index (χ0) is 18.2. The number of rotatable bonds is 7. The summed E-state index contributed by atoms with van der Waals surface area (Å²) in [5, 5.41) is 6.17. The van der Waals surface area contributed by atoms with Crippen LogP contribution in [0.4, 0.5) is 11.4 Å². The molecule has 0 unspecified atom stereocenters. The second-order valence-electron chi connectivity index (χ2n) is 6.07. The standard InChI is InChI=1S/C22H22N2O2/c1-17-7-11-19(12-8-17)23-15-18-9-13-21(14-10-18)26-16-22(25)24-20-5-3-2-4-6-20/h2-14,23H,15-16H2,1H3,(H,24,25). The monoisotopic (exact) mass is 346 g/mol. The summed E-state index contributed by atoms with van der Waals surface area (Å²) in [5.41, 5.74) is 4.24. The van der Waals surface area contributed by atoms with E-state index in [9.17, 15) is 4.79 Å². The number of para-hydroxylation sites is 1. The molecule has 1 amide bonds. The smallest absolute Gasteiger partial charge is 0.262 e. The van der Waals surface area contributed by atoms with Crippen molar-refractivity contribution < 1.29 is 9.53 Å². The lowest BCUT2D eigenvalue weighted by Gasteiger charge is -2.09. The Morgan fingerprint density at radius 1 is 0.846 bits per heavy atom. The maximum atomic E-state index is 11.9. The minimum Gasteiger partial charge on any atom is -0.484 e. The number of hydrogen-bond acceptors (Lipinski definition) is 3. The lowest BCUT2D eigenvalue weighted by molar-refractivity contribution is -0.118. The van der Waals surface area contributed by atoms with E-state index in [0.717, 1.165) is 23.5 Å².